The lowest BCUT2D eigenvalue weighted by molar-refractivity contribution is -0.665. The Labute approximate surface area is 162 Å². The molecule has 3 rings (SSSR count). The van der Waals surface area contributed by atoms with Gasteiger partial charge in [0.2, 0.25) is 5.52 Å². The van der Waals surface area contributed by atoms with Gasteiger partial charge >= 0.3 is 0 Å². The van der Waals surface area contributed by atoms with Crippen LogP contribution in [0.3, 0.4) is 0 Å². The van der Waals surface area contributed by atoms with Crippen LogP contribution in [-0.4, -0.2) is 13.1 Å². The lowest BCUT2D eigenvalue weighted by atomic mass is 10.2. The van der Waals surface area contributed by atoms with Gasteiger partial charge in [0.15, 0.2) is 0 Å². The summed E-state index contributed by atoms with van der Waals surface area (Å²) >= 11 is 5.40. The molecule has 4 heteroatoms. The van der Waals surface area contributed by atoms with Crippen molar-refractivity contribution in [2.45, 2.75) is 27.3 Å². The predicted molar refractivity (Wildman–Crippen MR) is 114 cm³/mol. The Morgan fingerprint density at radius 1 is 1.00 bits per heavy atom. The number of nitrogens with zero attached hydrogens (tertiary/aromatic N) is 2. The number of anilines is 1. The number of aromatic nitrogens is 1. The van der Waals surface area contributed by atoms with Gasteiger partial charge in [-0.15, -0.1) is 0 Å². The first-order chi connectivity index (χ1) is 12.2. The lowest BCUT2D eigenvalue weighted by Crippen LogP contribution is -2.33. The van der Waals surface area contributed by atoms with Gasteiger partial charge in [0, 0.05) is 35.4 Å². The molecule has 1 aromatic heterocycles. The van der Waals surface area contributed by atoms with E-state index in [4.69, 9.17) is 0 Å². The van der Waals surface area contributed by atoms with Gasteiger partial charge in [-0.1, -0.05) is 39.4 Å². The van der Waals surface area contributed by atoms with Crippen molar-refractivity contribution >= 4 is 55.3 Å². The van der Waals surface area contributed by atoms with Crippen molar-refractivity contribution < 1.29 is 4.57 Å². The summed E-state index contributed by atoms with van der Waals surface area (Å²) in [5, 5.41) is 1.28. The molecule has 25 heavy (non-hydrogen) atoms. The summed E-state index contributed by atoms with van der Waals surface area (Å²) in [5.41, 5.74) is 3.82. The highest BCUT2D eigenvalue weighted by Crippen LogP contribution is 2.25. The summed E-state index contributed by atoms with van der Waals surface area (Å²) in [6.45, 7) is 9.65. The molecule has 0 radical (unpaired) electrons. The van der Waals surface area contributed by atoms with Crippen LogP contribution in [0.1, 0.15) is 31.3 Å². The average Bonchev–Trinajstić information content (AvgIpc) is 2.98. The molecule has 0 aliphatic rings. The molecule has 0 spiro atoms. The number of fused-ring (bicyclic) bond motifs is 1. The summed E-state index contributed by atoms with van der Waals surface area (Å²) < 4.78 is 4.81. The highest BCUT2D eigenvalue weighted by molar-refractivity contribution is 9.10. The van der Waals surface area contributed by atoms with Crippen LogP contribution in [0.5, 0.6) is 0 Å². The largest absolute Gasteiger partial charge is 0.372 e. The predicted octanol–water partition coefficient (Wildman–Crippen LogP) is 5.99. The van der Waals surface area contributed by atoms with Gasteiger partial charge in [-0.3, -0.25) is 0 Å². The molecule has 0 aliphatic heterocycles. The monoisotopic (exact) mass is 415 g/mol. The fourth-order valence-electron chi connectivity index (χ4n) is 3.08. The minimum Gasteiger partial charge on any atom is -0.372 e. The summed E-state index contributed by atoms with van der Waals surface area (Å²) in [6.07, 6.45) is 4.44. The van der Waals surface area contributed by atoms with Crippen molar-refractivity contribution in [3.05, 3.63) is 57.5 Å². The molecule has 0 N–H and O–H groups in total. The third-order valence-corrected chi connectivity index (χ3v) is 6.06. The second-order valence-electron chi connectivity index (χ2n) is 5.89. The van der Waals surface area contributed by atoms with Gasteiger partial charge in [0.25, 0.3) is 5.01 Å². The van der Waals surface area contributed by atoms with E-state index >= 15 is 0 Å². The van der Waals surface area contributed by atoms with Crippen molar-refractivity contribution in [2.24, 2.45) is 0 Å². The maximum atomic E-state index is 3.57. The fraction of sp³-hybridized carbons (Fsp3) is 0.286. The summed E-state index contributed by atoms with van der Waals surface area (Å²) in [7, 11) is 0. The van der Waals surface area contributed by atoms with Crippen molar-refractivity contribution in [1.29, 1.82) is 0 Å². The Morgan fingerprint density at radius 3 is 2.36 bits per heavy atom. The number of benzene rings is 2. The van der Waals surface area contributed by atoms with Gasteiger partial charge in [-0.05, 0) is 56.7 Å². The van der Waals surface area contributed by atoms with E-state index in [1.165, 1.54) is 26.5 Å². The molecule has 2 aromatic carbocycles. The van der Waals surface area contributed by atoms with Crippen LogP contribution in [0.25, 0.3) is 22.4 Å². The molecular formula is C21H24BrN2S+. The molecule has 1 heterocycles. The number of hydrogen-bond donors (Lipinski definition) is 0. The molecular weight excluding hydrogens is 392 g/mol. The van der Waals surface area contributed by atoms with Gasteiger partial charge in [0.1, 0.15) is 11.2 Å². The molecule has 0 atom stereocenters. The SMILES string of the molecule is CCN(CC)c1ccc(/C=C/c2sc3cc(Br)ccc3[n+]2CC)cc1. The molecule has 0 unspecified atom stereocenters. The third-order valence-electron chi connectivity index (χ3n) is 4.45. The number of rotatable bonds is 6. The minimum absolute atomic E-state index is 0.974. The van der Waals surface area contributed by atoms with Crippen LogP contribution in [0, 0.1) is 0 Å². The molecule has 130 valence electrons. The van der Waals surface area contributed by atoms with Crippen molar-refractivity contribution in [3.8, 4) is 0 Å². The maximum absolute atomic E-state index is 3.57. The third kappa shape index (κ3) is 3.96. The van der Waals surface area contributed by atoms with Gasteiger partial charge in [-0.2, -0.15) is 4.57 Å². The first-order valence-corrected chi connectivity index (χ1v) is 10.4. The van der Waals surface area contributed by atoms with E-state index in [0.29, 0.717) is 0 Å². The van der Waals surface area contributed by atoms with Crippen molar-refractivity contribution in [1.82, 2.24) is 0 Å². The van der Waals surface area contributed by atoms with Crippen LogP contribution in [0.15, 0.2) is 46.9 Å². The Bertz CT molecular complexity index is 877. The van der Waals surface area contributed by atoms with E-state index in [1.54, 1.807) is 0 Å². The second kappa shape index (κ2) is 8.15. The zero-order valence-electron chi connectivity index (χ0n) is 15.0. The highest BCUT2D eigenvalue weighted by atomic mass is 79.9. The first-order valence-electron chi connectivity index (χ1n) is 8.81. The molecule has 3 aromatic rings. The maximum Gasteiger partial charge on any atom is 0.262 e. The second-order valence-corrected chi connectivity index (χ2v) is 7.87. The van der Waals surface area contributed by atoms with Crippen molar-refractivity contribution in [2.75, 3.05) is 18.0 Å². The Morgan fingerprint density at radius 2 is 1.72 bits per heavy atom. The Kier molecular flexibility index (Phi) is 5.92. The van der Waals surface area contributed by atoms with Crippen molar-refractivity contribution in [3.63, 3.8) is 0 Å². The van der Waals surface area contributed by atoms with Crippen LogP contribution < -0.4 is 9.47 Å². The number of halogens is 1. The van der Waals surface area contributed by atoms with E-state index in [2.05, 4.69) is 101 Å². The molecule has 0 saturated heterocycles. The van der Waals surface area contributed by atoms with Crippen LogP contribution in [-0.2, 0) is 6.54 Å². The Balaban J connectivity index is 1.88. The number of hydrogen-bond acceptors (Lipinski definition) is 2. The fourth-order valence-corrected chi connectivity index (χ4v) is 4.76. The smallest absolute Gasteiger partial charge is 0.262 e. The van der Waals surface area contributed by atoms with Gasteiger partial charge < -0.3 is 4.90 Å². The first kappa shape index (κ1) is 18.2. The summed E-state index contributed by atoms with van der Waals surface area (Å²) in [4.78, 5) is 2.36. The lowest BCUT2D eigenvalue weighted by Gasteiger charge is -2.20. The van der Waals surface area contributed by atoms with Gasteiger partial charge in [0.05, 0.1) is 0 Å². The van der Waals surface area contributed by atoms with E-state index in [9.17, 15) is 0 Å². The molecule has 0 saturated carbocycles. The molecule has 0 fully saturated rings. The molecule has 0 amide bonds. The summed E-state index contributed by atoms with van der Waals surface area (Å²) in [5.74, 6) is 0. The van der Waals surface area contributed by atoms with E-state index in [0.717, 1.165) is 24.1 Å². The van der Waals surface area contributed by atoms with Gasteiger partial charge in [-0.25, -0.2) is 0 Å². The molecule has 0 aliphatic carbocycles. The number of aryl methyl sites for hydroxylation is 1. The van der Waals surface area contributed by atoms with E-state index < -0.39 is 0 Å². The highest BCUT2D eigenvalue weighted by Gasteiger charge is 2.16. The number of thiazole rings is 1. The standard InChI is InChI=1S/C21H24BrN2S/c1-4-23(5-2)18-11-7-16(8-12-18)9-14-21-24(6-3)19-13-10-17(22)15-20(19)25-21/h7-15H,4-6H2,1-3H3/q+1. The quantitative estimate of drug-likeness (QED) is 0.448. The van der Waals surface area contributed by atoms with E-state index in [1.807, 2.05) is 11.3 Å². The molecule has 2 nitrogen and oxygen atoms in total. The average molecular weight is 416 g/mol. The van der Waals surface area contributed by atoms with Crippen LogP contribution in [0.2, 0.25) is 0 Å². The topological polar surface area (TPSA) is 7.12 Å². The minimum atomic E-state index is 0.974. The van der Waals surface area contributed by atoms with Crippen LogP contribution >= 0.6 is 27.3 Å². The zero-order valence-corrected chi connectivity index (χ0v) is 17.4. The summed E-state index contributed by atoms with van der Waals surface area (Å²) in [6, 6.07) is 15.3. The zero-order chi connectivity index (χ0) is 17.8. The Hall–Kier alpha value is -1.65. The van der Waals surface area contributed by atoms with Crippen LogP contribution in [0.4, 0.5) is 5.69 Å². The molecule has 0 bridgehead atoms. The normalized spacial score (nSPS) is 11.5. The van der Waals surface area contributed by atoms with E-state index in [-0.39, 0.29) is 0 Å².